The van der Waals surface area contributed by atoms with E-state index < -0.39 is 0 Å². The second-order valence-corrected chi connectivity index (χ2v) is 4.53. The van der Waals surface area contributed by atoms with E-state index in [1.807, 2.05) is 28.8 Å². The molecule has 1 fully saturated rings. The number of ether oxygens (including phenoxy) is 1. The number of pyridine rings is 1. The maximum Gasteiger partial charge on any atom is 0.119 e. The Morgan fingerprint density at radius 1 is 1.44 bits per heavy atom. The molecule has 0 aromatic carbocycles. The summed E-state index contributed by atoms with van der Waals surface area (Å²) in [6.07, 6.45) is 4.10. The smallest absolute Gasteiger partial charge is 0.119 e. The van der Waals surface area contributed by atoms with Gasteiger partial charge < -0.3 is 4.74 Å². The number of fused-ring (bicyclic) bond motifs is 1. The zero-order chi connectivity index (χ0) is 11.0. The van der Waals surface area contributed by atoms with Crippen molar-refractivity contribution < 1.29 is 4.74 Å². The predicted molar refractivity (Wildman–Crippen MR) is 63.0 cm³/mol. The number of rotatable bonds is 1. The maximum atomic E-state index is 6.20. The van der Waals surface area contributed by atoms with Crippen molar-refractivity contribution in [2.45, 2.75) is 18.8 Å². The van der Waals surface area contributed by atoms with Crippen molar-refractivity contribution in [2.75, 3.05) is 13.2 Å². The quantitative estimate of drug-likeness (QED) is 0.712. The minimum absolute atomic E-state index is 0.371. The van der Waals surface area contributed by atoms with Crippen LogP contribution in [0.5, 0.6) is 0 Å². The summed E-state index contributed by atoms with van der Waals surface area (Å²) < 4.78 is 7.51. The normalized spacial score (nSPS) is 21.4. The summed E-state index contributed by atoms with van der Waals surface area (Å²) in [7, 11) is 0. The first-order valence-electron chi connectivity index (χ1n) is 5.56. The molecule has 0 radical (unpaired) electrons. The Morgan fingerprint density at radius 2 is 2.38 bits per heavy atom. The maximum absolute atomic E-state index is 6.20. The molecule has 3 rings (SSSR count). The first kappa shape index (κ1) is 10.1. The first-order chi connectivity index (χ1) is 7.86. The average molecular weight is 237 g/mol. The van der Waals surface area contributed by atoms with Gasteiger partial charge in [-0.3, -0.25) is 4.40 Å². The van der Waals surface area contributed by atoms with Crippen molar-refractivity contribution in [1.82, 2.24) is 9.38 Å². The van der Waals surface area contributed by atoms with Gasteiger partial charge in [-0.25, -0.2) is 4.98 Å². The van der Waals surface area contributed by atoms with Gasteiger partial charge in [-0.15, -0.1) is 0 Å². The molecule has 2 aromatic heterocycles. The van der Waals surface area contributed by atoms with E-state index in [9.17, 15) is 0 Å². The molecule has 0 spiro atoms. The number of halogens is 1. The lowest BCUT2D eigenvalue weighted by molar-refractivity contribution is 0.0779. The Balaban J connectivity index is 2.09. The third-order valence-electron chi connectivity index (χ3n) is 3.06. The van der Waals surface area contributed by atoms with Crippen LogP contribution in [0.15, 0.2) is 24.4 Å². The van der Waals surface area contributed by atoms with Crippen LogP contribution >= 0.6 is 11.6 Å². The van der Waals surface area contributed by atoms with Crippen molar-refractivity contribution in [1.29, 1.82) is 0 Å². The van der Waals surface area contributed by atoms with Crippen molar-refractivity contribution in [2.24, 2.45) is 0 Å². The van der Waals surface area contributed by atoms with Crippen molar-refractivity contribution in [3.8, 4) is 0 Å². The molecule has 1 aliphatic heterocycles. The highest BCUT2D eigenvalue weighted by atomic mass is 35.5. The molecule has 0 aliphatic carbocycles. The van der Waals surface area contributed by atoms with Gasteiger partial charge in [-0.2, -0.15) is 0 Å². The van der Waals surface area contributed by atoms with E-state index in [1.165, 1.54) is 0 Å². The monoisotopic (exact) mass is 236 g/mol. The molecule has 1 atom stereocenters. The molecule has 0 amide bonds. The summed E-state index contributed by atoms with van der Waals surface area (Å²) in [4.78, 5) is 4.48. The van der Waals surface area contributed by atoms with E-state index >= 15 is 0 Å². The van der Waals surface area contributed by atoms with Crippen LogP contribution in [0.25, 0.3) is 5.52 Å². The zero-order valence-corrected chi connectivity index (χ0v) is 9.65. The molecule has 1 aliphatic rings. The molecular weight excluding hydrogens is 224 g/mol. The van der Waals surface area contributed by atoms with Gasteiger partial charge in [0.1, 0.15) is 11.0 Å². The van der Waals surface area contributed by atoms with Crippen LogP contribution < -0.4 is 0 Å². The third-order valence-corrected chi connectivity index (χ3v) is 3.35. The van der Waals surface area contributed by atoms with Crippen molar-refractivity contribution in [3.63, 3.8) is 0 Å². The molecule has 2 aromatic rings. The van der Waals surface area contributed by atoms with Gasteiger partial charge in [0, 0.05) is 12.5 Å². The fraction of sp³-hybridized carbons (Fsp3) is 0.417. The minimum Gasteiger partial charge on any atom is -0.381 e. The Labute approximate surface area is 99.0 Å². The number of aromatic nitrogens is 2. The molecule has 84 valence electrons. The molecule has 1 saturated heterocycles. The Morgan fingerprint density at radius 3 is 3.19 bits per heavy atom. The molecule has 16 heavy (non-hydrogen) atoms. The lowest BCUT2D eigenvalue weighted by atomic mass is 10.0. The Hall–Kier alpha value is -1.06. The Bertz CT molecular complexity index is 503. The van der Waals surface area contributed by atoms with Crippen LogP contribution in [-0.4, -0.2) is 22.6 Å². The van der Waals surface area contributed by atoms with E-state index in [4.69, 9.17) is 16.3 Å². The molecule has 1 unspecified atom stereocenters. The fourth-order valence-electron chi connectivity index (χ4n) is 2.26. The number of hydrogen-bond acceptors (Lipinski definition) is 2. The molecular formula is C12H13ClN2O. The van der Waals surface area contributed by atoms with Gasteiger partial charge >= 0.3 is 0 Å². The van der Waals surface area contributed by atoms with Crippen LogP contribution in [0.2, 0.25) is 5.15 Å². The zero-order valence-electron chi connectivity index (χ0n) is 8.90. The average Bonchev–Trinajstić information content (AvgIpc) is 2.75. The van der Waals surface area contributed by atoms with Crippen molar-refractivity contribution >= 4 is 17.1 Å². The highest BCUT2D eigenvalue weighted by molar-refractivity contribution is 6.29. The topological polar surface area (TPSA) is 26.5 Å². The van der Waals surface area contributed by atoms with Crippen LogP contribution in [0, 0.1) is 0 Å². The lowest BCUT2D eigenvalue weighted by Gasteiger charge is -2.21. The van der Waals surface area contributed by atoms with E-state index in [1.54, 1.807) is 0 Å². The van der Waals surface area contributed by atoms with Gasteiger partial charge in [-0.05, 0) is 25.0 Å². The van der Waals surface area contributed by atoms with E-state index in [0.29, 0.717) is 5.92 Å². The van der Waals surface area contributed by atoms with E-state index in [-0.39, 0.29) is 0 Å². The summed E-state index contributed by atoms with van der Waals surface area (Å²) in [5.74, 6) is 1.40. The lowest BCUT2D eigenvalue weighted by Crippen LogP contribution is -2.18. The largest absolute Gasteiger partial charge is 0.381 e. The van der Waals surface area contributed by atoms with E-state index in [2.05, 4.69) is 4.98 Å². The SMILES string of the molecule is Clc1cccc2cnc(C3CCCOC3)n12. The number of imidazole rings is 1. The minimum atomic E-state index is 0.371. The second-order valence-electron chi connectivity index (χ2n) is 4.14. The van der Waals surface area contributed by atoms with Crippen LogP contribution in [0.3, 0.4) is 0 Å². The van der Waals surface area contributed by atoms with Gasteiger partial charge in [0.2, 0.25) is 0 Å². The van der Waals surface area contributed by atoms with E-state index in [0.717, 1.165) is 42.5 Å². The van der Waals surface area contributed by atoms with Crippen LogP contribution in [-0.2, 0) is 4.74 Å². The summed E-state index contributed by atoms with van der Waals surface area (Å²) >= 11 is 6.20. The van der Waals surface area contributed by atoms with Gasteiger partial charge in [0.05, 0.1) is 18.3 Å². The van der Waals surface area contributed by atoms with Crippen molar-refractivity contribution in [3.05, 3.63) is 35.4 Å². The highest BCUT2D eigenvalue weighted by Gasteiger charge is 2.21. The molecule has 0 saturated carbocycles. The van der Waals surface area contributed by atoms with Gasteiger partial charge in [-0.1, -0.05) is 17.7 Å². The van der Waals surface area contributed by atoms with Gasteiger partial charge in [0.15, 0.2) is 0 Å². The number of hydrogen-bond donors (Lipinski definition) is 0. The summed E-state index contributed by atoms with van der Waals surface area (Å²) in [6, 6.07) is 5.86. The molecule has 0 N–H and O–H groups in total. The third kappa shape index (κ3) is 1.60. The first-order valence-corrected chi connectivity index (χ1v) is 5.93. The Kier molecular flexibility index (Phi) is 2.58. The summed E-state index contributed by atoms with van der Waals surface area (Å²) in [5, 5.41) is 0.718. The molecule has 3 heterocycles. The predicted octanol–water partition coefficient (Wildman–Crippen LogP) is 2.88. The number of nitrogens with zero attached hydrogens (tertiary/aromatic N) is 2. The van der Waals surface area contributed by atoms with Gasteiger partial charge in [0.25, 0.3) is 0 Å². The second kappa shape index (κ2) is 4.07. The van der Waals surface area contributed by atoms with Crippen LogP contribution in [0.4, 0.5) is 0 Å². The molecule has 3 nitrogen and oxygen atoms in total. The standard InChI is InChI=1S/C12H13ClN2O/c13-11-5-1-4-10-7-14-12(15(10)11)9-3-2-6-16-8-9/h1,4-5,7,9H,2-3,6,8H2. The highest BCUT2D eigenvalue weighted by Crippen LogP contribution is 2.27. The molecule has 4 heteroatoms. The van der Waals surface area contributed by atoms with Crippen LogP contribution in [0.1, 0.15) is 24.6 Å². The summed E-state index contributed by atoms with van der Waals surface area (Å²) in [5.41, 5.74) is 1.05. The molecule has 0 bridgehead atoms. The summed E-state index contributed by atoms with van der Waals surface area (Å²) in [6.45, 7) is 1.62. The fourth-order valence-corrected chi connectivity index (χ4v) is 2.52.